The minimum atomic E-state index is -3.76. The molecule has 0 fully saturated rings. The van der Waals surface area contributed by atoms with Gasteiger partial charge in [-0.3, -0.25) is 4.79 Å². The molecule has 0 aromatic heterocycles. The first-order valence-electron chi connectivity index (χ1n) is 5.80. The average molecular weight is 280 g/mol. The highest BCUT2D eigenvalue weighted by atomic mass is 32.2. The Kier molecular flexibility index (Phi) is 4.81. The minimum Gasteiger partial charge on any atom is -0.295 e. The van der Waals surface area contributed by atoms with E-state index < -0.39 is 10.0 Å². The van der Waals surface area contributed by atoms with Crippen molar-refractivity contribution in [3.63, 3.8) is 0 Å². The SMILES string of the molecule is CC(=O)c1cccc(S(=O)(=O)N(CC#N)C(C)C)c1. The Morgan fingerprint density at radius 3 is 2.53 bits per heavy atom. The molecule has 1 rings (SSSR count). The van der Waals surface area contributed by atoms with E-state index in [9.17, 15) is 13.2 Å². The number of hydrogen-bond donors (Lipinski definition) is 0. The summed E-state index contributed by atoms with van der Waals surface area (Å²) in [6, 6.07) is 7.36. The molecule has 5 nitrogen and oxygen atoms in total. The van der Waals surface area contributed by atoms with Gasteiger partial charge in [0.25, 0.3) is 0 Å². The number of Topliss-reactive ketones (excluding diaryl/α,β-unsaturated/α-hetero) is 1. The van der Waals surface area contributed by atoms with Crippen molar-refractivity contribution in [1.29, 1.82) is 5.26 Å². The molecule has 0 atom stereocenters. The third kappa shape index (κ3) is 3.40. The Hall–Kier alpha value is -1.71. The second kappa shape index (κ2) is 5.95. The highest BCUT2D eigenvalue weighted by molar-refractivity contribution is 7.89. The largest absolute Gasteiger partial charge is 0.295 e. The van der Waals surface area contributed by atoms with Crippen LogP contribution >= 0.6 is 0 Å². The molecule has 0 spiro atoms. The molecular weight excluding hydrogens is 264 g/mol. The monoisotopic (exact) mass is 280 g/mol. The summed E-state index contributed by atoms with van der Waals surface area (Å²) in [5.74, 6) is -0.201. The standard InChI is InChI=1S/C13H16N2O3S/c1-10(2)15(8-7-14)19(17,18)13-6-4-5-12(9-13)11(3)16/h4-6,9-10H,8H2,1-3H3. The number of nitriles is 1. The average Bonchev–Trinajstić information content (AvgIpc) is 2.35. The molecule has 102 valence electrons. The molecule has 0 saturated heterocycles. The molecule has 0 aliphatic rings. The summed E-state index contributed by atoms with van der Waals surface area (Å²) in [5.41, 5.74) is 0.335. The number of hydrogen-bond acceptors (Lipinski definition) is 4. The summed E-state index contributed by atoms with van der Waals surface area (Å²) in [7, 11) is -3.76. The molecule has 0 bridgehead atoms. The van der Waals surface area contributed by atoms with Crippen LogP contribution in [0.3, 0.4) is 0 Å². The molecule has 0 unspecified atom stereocenters. The zero-order valence-electron chi connectivity index (χ0n) is 11.1. The van der Waals surface area contributed by atoms with E-state index >= 15 is 0 Å². The van der Waals surface area contributed by atoms with E-state index in [0.717, 1.165) is 4.31 Å². The van der Waals surface area contributed by atoms with Gasteiger partial charge in [0, 0.05) is 11.6 Å². The fourth-order valence-electron chi connectivity index (χ4n) is 1.63. The molecule has 1 aromatic carbocycles. The molecule has 0 heterocycles. The number of sulfonamides is 1. The molecule has 0 amide bonds. The van der Waals surface area contributed by atoms with E-state index in [-0.39, 0.29) is 23.3 Å². The number of rotatable bonds is 5. The Morgan fingerprint density at radius 1 is 1.42 bits per heavy atom. The lowest BCUT2D eigenvalue weighted by molar-refractivity contribution is 0.101. The summed E-state index contributed by atoms with van der Waals surface area (Å²) in [6.45, 7) is 4.55. The molecular formula is C13H16N2O3S. The predicted molar refractivity (Wildman–Crippen MR) is 71.1 cm³/mol. The first kappa shape index (κ1) is 15.3. The van der Waals surface area contributed by atoms with Crippen molar-refractivity contribution in [2.45, 2.75) is 31.7 Å². The van der Waals surface area contributed by atoms with Crippen LogP contribution in [0.2, 0.25) is 0 Å². The molecule has 6 heteroatoms. The van der Waals surface area contributed by atoms with Crippen LogP contribution in [0, 0.1) is 11.3 Å². The van der Waals surface area contributed by atoms with Crippen LogP contribution in [0.25, 0.3) is 0 Å². The van der Waals surface area contributed by atoms with Crippen LogP contribution in [0.1, 0.15) is 31.1 Å². The highest BCUT2D eigenvalue weighted by Crippen LogP contribution is 2.19. The van der Waals surface area contributed by atoms with Crippen molar-refractivity contribution >= 4 is 15.8 Å². The number of carbonyl (C=O) groups excluding carboxylic acids is 1. The lowest BCUT2D eigenvalue weighted by Crippen LogP contribution is -2.37. The van der Waals surface area contributed by atoms with E-state index in [1.807, 2.05) is 6.07 Å². The summed E-state index contributed by atoms with van der Waals surface area (Å²) < 4.78 is 25.9. The van der Waals surface area contributed by atoms with Gasteiger partial charge in [-0.2, -0.15) is 9.57 Å². The Morgan fingerprint density at radius 2 is 2.05 bits per heavy atom. The second-order valence-corrected chi connectivity index (χ2v) is 6.28. The fourth-order valence-corrected chi connectivity index (χ4v) is 3.21. The smallest absolute Gasteiger partial charge is 0.244 e. The van der Waals surface area contributed by atoms with Crippen molar-refractivity contribution in [3.8, 4) is 6.07 Å². The highest BCUT2D eigenvalue weighted by Gasteiger charge is 2.27. The Balaban J connectivity index is 3.30. The van der Waals surface area contributed by atoms with Crippen LogP contribution in [0.5, 0.6) is 0 Å². The van der Waals surface area contributed by atoms with Crippen molar-refractivity contribution < 1.29 is 13.2 Å². The maximum Gasteiger partial charge on any atom is 0.244 e. The minimum absolute atomic E-state index is 0.0316. The maximum absolute atomic E-state index is 12.4. The van der Waals surface area contributed by atoms with Crippen molar-refractivity contribution in [1.82, 2.24) is 4.31 Å². The van der Waals surface area contributed by atoms with Gasteiger partial charge in [0.05, 0.1) is 11.0 Å². The molecule has 19 heavy (non-hydrogen) atoms. The van der Waals surface area contributed by atoms with E-state index in [1.54, 1.807) is 19.9 Å². The van der Waals surface area contributed by atoms with Crippen LogP contribution in [-0.4, -0.2) is 31.1 Å². The maximum atomic E-state index is 12.4. The molecule has 0 aliphatic heterocycles. The van der Waals surface area contributed by atoms with Crippen molar-refractivity contribution in [2.24, 2.45) is 0 Å². The van der Waals surface area contributed by atoms with Gasteiger partial charge < -0.3 is 0 Å². The van der Waals surface area contributed by atoms with Crippen LogP contribution in [0.4, 0.5) is 0 Å². The van der Waals surface area contributed by atoms with Gasteiger partial charge in [0.1, 0.15) is 6.54 Å². The van der Waals surface area contributed by atoms with E-state index in [1.165, 1.54) is 25.1 Å². The quantitative estimate of drug-likeness (QED) is 0.608. The third-order valence-corrected chi connectivity index (χ3v) is 4.67. The number of nitrogens with zero attached hydrogens (tertiary/aromatic N) is 2. The Labute approximate surface area is 113 Å². The van der Waals surface area contributed by atoms with E-state index in [2.05, 4.69) is 0 Å². The summed E-state index contributed by atoms with van der Waals surface area (Å²) in [5, 5.41) is 8.73. The lowest BCUT2D eigenvalue weighted by atomic mass is 10.2. The summed E-state index contributed by atoms with van der Waals surface area (Å²) >= 11 is 0. The zero-order valence-corrected chi connectivity index (χ0v) is 11.9. The topological polar surface area (TPSA) is 78.2 Å². The predicted octanol–water partition coefficient (Wildman–Crippen LogP) is 1.81. The van der Waals surface area contributed by atoms with Gasteiger partial charge in [-0.15, -0.1) is 0 Å². The van der Waals surface area contributed by atoms with Crippen LogP contribution in [-0.2, 0) is 10.0 Å². The third-order valence-electron chi connectivity index (χ3n) is 2.65. The molecule has 0 N–H and O–H groups in total. The fraction of sp³-hybridized carbons (Fsp3) is 0.385. The van der Waals surface area contributed by atoms with Gasteiger partial charge in [0.15, 0.2) is 5.78 Å². The Bertz CT molecular complexity index is 615. The van der Waals surface area contributed by atoms with Gasteiger partial charge >= 0.3 is 0 Å². The zero-order chi connectivity index (χ0) is 14.6. The van der Waals surface area contributed by atoms with Crippen molar-refractivity contribution in [2.75, 3.05) is 6.54 Å². The van der Waals surface area contributed by atoms with Crippen LogP contribution in [0.15, 0.2) is 29.2 Å². The first-order valence-corrected chi connectivity index (χ1v) is 7.24. The van der Waals surface area contributed by atoms with Gasteiger partial charge in [-0.05, 0) is 32.9 Å². The van der Waals surface area contributed by atoms with Gasteiger partial charge in [-0.1, -0.05) is 12.1 Å². The second-order valence-electron chi connectivity index (χ2n) is 4.39. The lowest BCUT2D eigenvalue weighted by Gasteiger charge is -2.23. The number of carbonyl (C=O) groups is 1. The molecule has 1 aromatic rings. The van der Waals surface area contributed by atoms with Gasteiger partial charge in [0.2, 0.25) is 10.0 Å². The van der Waals surface area contributed by atoms with E-state index in [0.29, 0.717) is 5.56 Å². The molecule has 0 radical (unpaired) electrons. The summed E-state index contributed by atoms with van der Waals surface area (Å²) in [4.78, 5) is 11.3. The van der Waals surface area contributed by atoms with Crippen molar-refractivity contribution in [3.05, 3.63) is 29.8 Å². The molecule has 0 saturated carbocycles. The van der Waals surface area contributed by atoms with Gasteiger partial charge in [-0.25, -0.2) is 8.42 Å². The normalized spacial score (nSPS) is 11.6. The molecule has 0 aliphatic carbocycles. The summed E-state index contributed by atoms with van der Waals surface area (Å²) in [6.07, 6.45) is 0. The first-order chi connectivity index (χ1) is 8.80. The van der Waals surface area contributed by atoms with E-state index in [4.69, 9.17) is 5.26 Å². The number of benzene rings is 1. The van der Waals surface area contributed by atoms with Crippen LogP contribution < -0.4 is 0 Å². The number of ketones is 1.